The van der Waals surface area contributed by atoms with Crippen LogP contribution in [0.3, 0.4) is 0 Å². The van der Waals surface area contributed by atoms with Gasteiger partial charge in [-0.3, -0.25) is 9.59 Å². The average Bonchev–Trinajstić information content (AvgIpc) is 3.55. The Kier molecular flexibility index (Phi) is 4.58. The molecule has 3 aliphatic rings. The number of primary amides is 1. The van der Waals surface area contributed by atoms with E-state index in [9.17, 15) is 14.7 Å². The van der Waals surface area contributed by atoms with E-state index in [0.717, 1.165) is 18.5 Å². The van der Waals surface area contributed by atoms with Gasteiger partial charge in [-0.25, -0.2) is 9.97 Å². The summed E-state index contributed by atoms with van der Waals surface area (Å²) in [6.45, 7) is 0.436. The summed E-state index contributed by atoms with van der Waals surface area (Å²) in [5, 5.41) is 14.9. The topological polar surface area (TPSA) is 145 Å². The maximum absolute atomic E-state index is 12.4. The monoisotopic (exact) mass is 461 g/mol. The molecule has 34 heavy (non-hydrogen) atoms. The number of benzene rings is 1. The van der Waals surface area contributed by atoms with Crippen molar-refractivity contribution >= 4 is 11.8 Å². The summed E-state index contributed by atoms with van der Waals surface area (Å²) < 4.78 is 11.3. The fraction of sp³-hybridized carbons (Fsp3) is 0.375. The lowest BCUT2D eigenvalue weighted by molar-refractivity contribution is -0.144. The van der Waals surface area contributed by atoms with Gasteiger partial charge in [0.25, 0.3) is 11.8 Å². The van der Waals surface area contributed by atoms with Crippen molar-refractivity contribution in [2.45, 2.75) is 43.5 Å². The van der Waals surface area contributed by atoms with Crippen LogP contribution in [-0.2, 0) is 21.6 Å². The van der Waals surface area contributed by atoms with Gasteiger partial charge in [0.2, 0.25) is 5.60 Å². The number of likely N-dealkylation sites (tertiary alicyclic amines) is 1. The molecule has 2 bridgehead atoms. The molecule has 6 rings (SSSR count). The van der Waals surface area contributed by atoms with Gasteiger partial charge in [0, 0.05) is 49.2 Å². The number of carbonyl (C=O) groups excluding carboxylic acids is 2. The van der Waals surface area contributed by atoms with E-state index in [-0.39, 0.29) is 30.1 Å². The molecule has 0 radical (unpaired) electrons. The number of fused-ring (bicyclic) bond motifs is 4. The highest BCUT2D eigenvalue weighted by Crippen LogP contribution is 2.42. The first-order chi connectivity index (χ1) is 16.3. The van der Waals surface area contributed by atoms with Crippen LogP contribution in [0.25, 0.3) is 22.6 Å². The second-order valence-electron chi connectivity index (χ2n) is 9.14. The first-order valence-corrected chi connectivity index (χ1v) is 11.3. The van der Waals surface area contributed by atoms with Gasteiger partial charge < -0.3 is 25.0 Å². The predicted molar refractivity (Wildman–Crippen MR) is 118 cm³/mol. The maximum atomic E-state index is 12.4. The predicted octanol–water partition coefficient (Wildman–Crippen LogP) is 1.72. The number of rotatable bonds is 4. The highest BCUT2D eigenvalue weighted by atomic mass is 16.5. The van der Waals surface area contributed by atoms with Gasteiger partial charge in [-0.2, -0.15) is 0 Å². The first kappa shape index (κ1) is 20.9. The molecule has 3 N–H and O–H groups in total. The zero-order chi connectivity index (χ0) is 23.6. The van der Waals surface area contributed by atoms with E-state index in [4.69, 9.17) is 20.0 Å². The van der Waals surface area contributed by atoms with Crippen molar-refractivity contribution in [1.82, 2.24) is 20.0 Å². The number of ether oxygens (including phenoxy) is 1. The minimum atomic E-state index is -1.71. The molecular weight excluding hydrogens is 438 g/mol. The Morgan fingerprint density at radius 3 is 2.82 bits per heavy atom. The summed E-state index contributed by atoms with van der Waals surface area (Å²) >= 11 is 0. The quantitative estimate of drug-likeness (QED) is 0.597. The lowest BCUT2D eigenvalue weighted by Crippen LogP contribution is -2.35. The van der Waals surface area contributed by atoms with E-state index in [1.54, 1.807) is 13.1 Å². The lowest BCUT2D eigenvalue weighted by Gasteiger charge is -2.24. The molecule has 5 heterocycles. The standard InChI is InChI=1S/C24H23N5O5/c1-29-8-7-24(32,23(29)31)18-11-15(28-34-18)12-3-2-4-13(9-12)22-26-16-10-14-5-6-17(33-14)19(16)20(27-22)21(25)30/h2-4,9,11,14,17,32H,5-8,10H2,1H3,(H2,25,30)/t14-,17+,24+/m0/s1. The van der Waals surface area contributed by atoms with Crippen LogP contribution < -0.4 is 5.73 Å². The number of hydrogen-bond acceptors (Lipinski definition) is 8. The number of nitrogens with two attached hydrogens (primary N) is 1. The summed E-state index contributed by atoms with van der Waals surface area (Å²) in [5.74, 6) is -0.515. The number of carbonyl (C=O) groups is 2. The molecule has 0 unspecified atom stereocenters. The molecule has 1 aromatic carbocycles. The molecule has 10 nitrogen and oxygen atoms in total. The molecule has 0 saturated carbocycles. The van der Waals surface area contributed by atoms with E-state index in [1.165, 1.54) is 4.90 Å². The van der Waals surface area contributed by atoms with Crippen molar-refractivity contribution in [3.05, 3.63) is 53.0 Å². The number of amides is 2. The van der Waals surface area contributed by atoms with Crippen LogP contribution >= 0.6 is 0 Å². The fourth-order valence-electron chi connectivity index (χ4n) is 5.12. The van der Waals surface area contributed by atoms with Crippen LogP contribution in [-0.4, -0.2) is 56.6 Å². The Balaban J connectivity index is 1.38. The third-order valence-corrected chi connectivity index (χ3v) is 6.95. The van der Waals surface area contributed by atoms with Gasteiger partial charge in [0.05, 0.1) is 17.9 Å². The number of likely N-dealkylation sites (N-methyl/N-ethyl adjacent to an activating group) is 1. The molecular formula is C24H23N5O5. The fourth-order valence-corrected chi connectivity index (χ4v) is 5.12. The minimum Gasteiger partial charge on any atom is -0.373 e. The van der Waals surface area contributed by atoms with Crippen LogP contribution in [0.2, 0.25) is 0 Å². The van der Waals surface area contributed by atoms with E-state index in [1.807, 2.05) is 24.3 Å². The molecule has 3 atom stereocenters. The maximum Gasteiger partial charge on any atom is 0.267 e. The van der Waals surface area contributed by atoms with Crippen molar-refractivity contribution < 1.29 is 24.0 Å². The zero-order valence-electron chi connectivity index (χ0n) is 18.5. The van der Waals surface area contributed by atoms with Crippen molar-refractivity contribution in [3.63, 3.8) is 0 Å². The second kappa shape index (κ2) is 7.44. The Bertz CT molecular complexity index is 1340. The van der Waals surface area contributed by atoms with E-state index in [0.29, 0.717) is 41.2 Å². The second-order valence-corrected chi connectivity index (χ2v) is 9.14. The highest BCUT2D eigenvalue weighted by Gasteiger charge is 2.48. The van der Waals surface area contributed by atoms with Crippen LogP contribution in [0.4, 0.5) is 0 Å². The van der Waals surface area contributed by atoms with E-state index < -0.39 is 17.4 Å². The van der Waals surface area contributed by atoms with Crippen LogP contribution in [0.15, 0.2) is 34.9 Å². The minimum absolute atomic E-state index is 0.101. The molecule has 0 spiro atoms. The van der Waals surface area contributed by atoms with Crippen LogP contribution in [0.1, 0.15) is 52.9 Å². The largest absolute Gasteiger partial charge is 0.373 e. The summed E-state index contributed by atoms with van der Waals surface area (Å²) in [4.78, 5) is 35.4. The Hall–Kier alpha value is -3.63. The number of aliphatic hydroxyl groups is 1. The van der Waals surface area contributed by atoms with E-state index >= 15 is 0 Å². The average molecular weight is 461 g/mol. The third kappa shape index (κ3) is 3.13. The summed E-state index contributed by atoms with van der Waals surface area (Å²) in [5.41, 5.74) is 7.51. The number of hydrogen-bond donors (Lipinski definition) is 2. The smallest absolute Gasteiger partial charge is 0.267 e. The van der Waals surface area contributed by atoms with Crippen molar-refractivity contribution in [1.29, 1.82) is 0 Å². The molecule has 2 saturated heterocycles. The number of aromatic nitrogens is 3. The molecule has 2 aromatic heterocycles. The Morgan fingerprint density at radius 1 is 1.24 bits per heavy atom. The summed E-state index contributed by atoms with van der Waals surface area (Å²) in [6.07, 6.45) is 2.52. The molecule has 174 valence electrons. The highest BCUT2D eigenvalue weighted by molar-refractivity contribution is 5.93. The van der Waals surface area contributed by atoms with Gasteiger partial charge in [-0.15, -0.1) is 0 Å². The third-order valence-electron chi connectivity index (χ3n) is 6.95. The van der Waals surface area contributed by atoms with Gasteiger partial charge in [0.1, 0.15) is 11.4 Å². The Labute approximate surface area is 194 Å². The molecule has 0 aliphatic carbocycles. The molecule has 3 aliphatic heterocycles. The number of nitrogens with zero attached hydrogens (tertiary/aromatic N) is 4. The van der Waals surface area contributed by atoms with Crippen molar-refractivity contribution in [2.75, 3.05) is 13.6 Å². The zero-order valence-corrected chi connectivity index (χ0v) is 18.5. The summed E-state index contributed by atoms with van der Waals surface area (Å²) in [7, 11) is 1.64. The SMILES string of the molecule is CN1CC[C@@](O)(c2cc(-c3cccc(-c4nc5c(c(C(N)=O)n4)[C@H]4CC[C@@H](C5)O4)c3)no2)C1=O. The lowest BCUT2D eigenvalue weighted by atomic mass is 9.97. The first-order valence-electron chi connectivity index (χ1n) is 11.3. The normalized spacial score (nSPS) is 25.6. The van der Waals surface area contributed by atoms with Crippen molar-refractivity contribution in [2.24, 2.45) is 5.73 Å². The van der Waals surface area contributed by atoms with Gasteiger partial charge >= 0.3 is 0 Å². The van der Waals surface area contributed by atoms with E-state index in [2.05, 4.69) is 10.1 Å². The van der Waals surface area contributed by atoms with Crippen LogP contribution in [0, 0.1) is 0 Å². The molecule has 2 fully saturated rings. The van der Waals surface area contributed by atoms with Gasteiger partial charge in [-0.1, -0.05) is 23.4 Å². The van der Waals surface area contributed by atoms with Crippen molar-refractivity contribution in [3.8, 4) is 22.6 Å². The Morgan fingerprint density at radius 2 is 2.06 bits per heavy atom. The molecule has 10 heteroatoms. The molecule has 3 aromatic rings. The van der Waals surface area contributed by atoms with Crippen LogP contribution in [0.5, 0.6) is 0 Å². The van der Waals surface area contributed by atoms with Gasteiger partial charge in [0.15, 0.2) is 11.6 Å². The summed E-state index contributed by atoms with van der Waals surface area (Å²) in [6, 6.07) is 8.90. The van der Waals surface area contributed by atoms with Gasteiger partial charge in [-0.05, 0) is 18.9 Å². The molecule has 2 amide bonds.